The number of nitrogens with zero attached hydrogens (tertiary/aromatic N) is 3. The zero-order chi connectivity index (χ0) is 13.6. The van der Waals surface area contributed by atoms with Crippen molar-refractivity contribution in [3.63, 3.8) is 0 Å². The molecule has 0 aliphatic rings. The summed E-state index contributed by atoms with van der Waals surface area (Å²) in [5, 5.41) is 3.14. The van der Waals surface area contributed by atoms with Gasteiger partial charge in [0.25, 0.3) is 0 Å². The molecule has 1 aromatic rings. The van der Waals surface area contributed by atoms with E-state index in [4.69, 9.17) is 5.53 Å². The molecule has 92 valence electrons. The van der Waals surface area contributed by atoms with E-state index in [0.717, 1.165) is 18.2 Å². The molecule has 1 rings (SSSR count). The van der Waals surface area contributed by atoms with Gasteiger partial charge >= 0.3 is 6.18 Å². The van der Waals surface area contributed by atoms with Crippen LogP contribution in [0.1, 0.15) is 21.5 Å². The molecule has 0 amide bonds. The second kappa shape index (κ2) is 5.75. The molecule has 4 nitrogen and oxygen atoms in total. The molecule has 0 N–H and O–H groups in total. The lowest BCUT2D eigenvalue weighted by molar-refractivity contribution is -0.137. The van der Waals surface area contributed by atoms with Crippen molar-refractivity contribution in [3.05, 3.63) is 45.3 Å². The fraction of sp³-hybridized carbons (Fsp3) is 0.182. The third kappa shape index (κ3) is 3.54. The van der Waals surface area contributed by atoms with Crippen LogP contribution >= 0.6 is 0 Å². The maximum Gasteiger partial charge on any atom is 0.416 e. The van der Waals surface area contributed by atoms with E-state index in [1.807, 2.05) is 0 Å². The highest BCUT2D eigenvalue weighted by Gasteiger charge is 2.30. The molecule has 0 spiro atoms. The lowest BCUT2D eigenvalue weighted by Gasteiger charge is -2.07. The molecule has 0 aliphatic carbocycles. The molecule has 0 bridgehead atoms. The van der Waals surface area contributed by atoms with Crippen LogP contribution in [0.25, 0.3) is 10.4 Å². The summed E-state index contributed by atoms with van der Waals surface area (Å²) in [5.41, 5.74) is 7.09. The van der Waals surface area contributed by atoms with Crippen LogP contribution in [0, 0.1) is 11.8 Å². The van der Waals surface area contributed by atoms with Crippen LogP contribution in [0.5, 0.6) is 0 Å². The molecule has 0 unspecified atom stereocenters. The summed E-state index contributed by atoms with van der Waals surface area (Å²) in [6.45, 7) is -0.115. The predicted octanol–water partition coefficient (Wildman–Crippen LogP) is 3.18. The van der Waals surface area contributed by atoms with Gasteiger partial charge in [-0.05, 0) is 23.7 Å². The zero-order valence-corrected chi connectivity index (χ0v) is 8.90. The summed E-state index contributed by atoms with van der Waals surface area (Å²) < 4.78 is 37.1. The van der Waals surface area contributed by atoms with E-state index in [0.29, 0.717) is 6.29 Å². The van der Waals surface area contributed by atoms with Crippen LogP contribution in [0.2, 0.25) is 0 Å². The number of benzene rings is 1. The molecule has 0 saturated carbocycles. The summed E-state index contributed by atoms with van der Waals surface area (Å²) in [7, 11) is 0. The fourth-order valence-corrected chi connectivity index (χ4v) is 1.15. The monoisotopic (exact) mass is 253 g/mol. The van der Waals surface area contributed by atoms with Gasteiger partial charge in [-0.15, -0.1) is 0 Å². The number of rotatable bonds is 2. The van der Waals surface area contributed by atoms with Gasteiger partial charge in [-0.2, -0.15) is 13.2 Å². The lowest BCUT2D eigenvalue weighted by atomic mass is 10.0. The van der Waals surface area contributed by atoms with Crippen LogP contribution in [-0.2, 0) is 6.18 Å². The zero-order valence-electron chi connectivity index (χ0n) is 8.90. The molecule has 0 aromatic heterocycles. The van der Waals surface area contributed by atoms with Crippen molar-refractivity contribution in [1.29, 1.82) is 0 Å². The number of carbonyl (C=O) groups excluding carboxylic acids is 1. The van der Waals surface area contributed by atoms with E-state index in [-0.39, 0.29) is 17.7 Å². The molecule has 0 saturated heterocycles. The quantitative estimate of drug-likeness (QED) is 0.262. The molecule has 18 heavy (non-hydrogen) atoms. The number of aldehydes is 1. The molecule has 1 aromatic carbocycles. The topological polar surface area (TPSA) is 65.8 Å². The van der Waals surface area contributed by atoms with Gasteiger partial charge in [0, 0.05) is 16.0 Å². The van der Waals surface area contributed by atoms with Crippen molar-refractivity contribution in [1.82, 2.24) is 0 Å². The Hall–Kier alpha value is -2.45. The van der Waals surface area contributed by atoms with Gasteiger partial charge in [-0.25, -0.2) is 0 Å². The Morgan fingerprint density at radius 2 is 2.17 bits per heavy atom. The summed E-state index contributed by atoms with van der Waals surface area (Å²) in [5.74, 6) is 4.89. The van der Waals surface area contributed by atoms with E-state index in [9.17, 15) is 18.0 Å². The highest BCUT2D eigenvalue weighted by Crippen LogP contribution is 2.30. The fourth-order valence-electron chi connectivity index (χ4n) is 1.15. The predicted molar refractivity (Wildman–Crippen MR) is 57.7 cm³/mol. The minimum Gasteiger partial charge on any atom is -0.298 e. The first-order chi connectivity index (χ1) is 8.49. The number of carbonyl (C=O) groups is 1. The average molecular weight is 253 g/mol. The van der Waals surface area contributed by atoms with Gasteiger partial charge in [0.15, 0.2) is 6.29 Å². The summed E-state index contributed by atoms with van der Waals surface area (Å²) in [6.07, 6.45) is -4.21. The van der Waals surface area contributed by atoms with E-state index in [2.05, 4.69) is 21.9 Å². The Kier molecular flexibility index (Phi) is 4.35. The number of alkyl halides is 3. The van der Waals surface area contributed by atoms with Crippen LogP contribution in [0.3, 0.4) is 0 Å². The Morgan fingerprint density at radius 3 is 2.72 bits per heavy atom. The second-order valence-electron chi connectivity index (χ2n) is 3.11. The Balaban J connectivity index is 3.10. The lowest BCUT2D eigenvalue weighted by Crippen LogP contribution is -2.06. The highest BCUT2D eigenvalue weighted by atomic mass is 19.4. The first-order valence-corrected chi connectivity index (χ1v) is 4.65. The summed E-state index contributed by atoms with van der Waals surface area (Å²) >= 11 is 0. The molecule has 7 heteroatoms. The Labute approximate surface area is 100 Å². The summed E-state index contributed by atoms with van der Waals surface area (Å²) in [4.78, 5) is 13.1. The minimum atomic E-state index is -4.51. The molecular weight excluding hydrogens is 247 g/mol. The highest BCUT2D eigenvalue weighted by molar-refractivity contribution is 5.79. The van der Waals surface area contributed by atoms with Gasteiger partial charge in [0.2, 0.25) is 0 Å². The van der Waals surface area contributed by atoms with Crippen molar-refractivity contribution >= 4 is 6.29 Å². The third-order valence-electron chi connectivity index (χ3n) is 1.94. The maximum atomic E-state index is 12.4. The first-order valence-electron chi connectivity index (χ1n) is 4.65. The van der Waals surface area contributed by atoms with Crippen molar-refractivity contribution < 1.29 is 18.0 Å². The van der Waals surface area contributed by atoms with E-state index in [1.165, 1.54) is 0 Å². The third-order valence-corrected chi connectivity index (χ3v) is 1.94. The number of halogens is 3. The SMILES string of the molecule is [N-]=[N+]=NCC#Cc1ccc(C(F)(F)F)cc1C=O. The molecule has 0 radical (unpaired) electrons. The van der Waals surface area contributed by atoms with E-state index >= 15 is 0 Å². The Morgan fingerprint density at radius 1 is 1.44 bits per heavy atom. The van der Waals surface area contributed by atoms with Gasteiger partial charge in [-0.3, -0.25) is 4.79 Å². The van der Waals surface area contributed by atoms with Crippen molar-refractivity contribution in [2.45, 2.75) is 6.18 Å². The van der Waals surface area contributed by atoms with Gasteiger partial charge in [0.1, 0.15) is 0 Å². The summed E-state index contributed by atoms with van der Waals surface area (Å²) in [6, 6.07) is 2.67. The number of azide groups is 1. The molecule has 0 aliphatic heterocycles. The smallest absolute Gasteiger partial charge is 0.298 e. The van der Waals surface area contributed by atoms with Crippen LogP contribution in [0.15, 0.2) is 23.3 Å². The van der Waals surface area contributed by atoms with Gasteiger partial charge in [-0.1, -0.05) is 17.0 Å². The average Bonchev–Trinajstić information content (AvgIpc) is 2.33. The molecule has 0 heterocycles. The second-order valence-corrected chi connectivity index (χ2v) is 3.11. The van der Waals surface area contributed by atoms with Crippen LogP contribution < -0.4 is 0 Å². The first kappa shape index (κ1) is 13.6. The normalized spacial score (nSPS) is 9.94. The Bertz CT molecular complexity index is 563. The molecule has 0 atom stereocenters. The van der Waals surface area contributed by atoms with Crippen molar-refractivity contribution in [2.75, 3.05) is 6.54 Å². The van der Waals surface area contributed by atoms with Crippen LogP contribution in [0.4, 0.5) is 13.2 Å². The van der Waals surface area contributed by atoms with E-state index < -0.39 is 11.7 Å². The minimum absolute atomic E-state index is 0.115. The van der Waals surface area contributed by atoms with Crippen molar-refractivity contribution in [2.24, 2.45) is 5.11 Å². The standard InChI is InChI=1S/C11H6F3N3O/c12-11(13,14)10-4-3-8(9(6-10)7-18)2-1-5-16-17-15/h3-4,6-7H,5H2. The largest absolute Gasteiger partial charge is 0.416 e. The number of hydrogen-bond acceptors (Lipinski definition) is 2. The molecule has 0 fully saturated rings. The van der Waals surface area contributed by atoms with Crippen molar-refractivity contribution in [3.8, 4) is 11.8 Å². The molecular formula is C11H6F3N3O. The maximum absolute atomic E-state index is 12.4. The van der Waals surface area contributed by atoms with Gasteiger partial charge in [0.05, 0.1) is 12.1 Å². The van der Waals surface area contributed by atoms with E-state index in [1.54, 1.807) is 0 Å². The van der Waals surface area contributed by atoms with Crippen LogP contribution in [-0.4, -0.2) is 12.8 Å². The van der Waals surface area contributed by atoms with Gasteiger partial charge < -0.3 is 0 Å². The number of hydrogen-bond donors (Lipinski definition) is 0.